The van der Waals surface area contributed by atoms with Gasteiger partial charge in [0.25, 0.3) is 8.32 Å². The van der Waals surface area contributed by atoms with Crippen molar-refractivity contribution in [3.8, 4) is 24.7 Å². The van der Waals surface area contributed by atoms with Crippen LogP contribution in [0, 0.1) is 30.1 Å². The van der Waals surface area contributed by atoms with E-state index in [9.17, 15) is 4.79 Å². The van der Waals surface area contributed by atoms with Crippen molar-refractivity contribution in [1.29, 1.82) is 0 Å². The number of benzene rings is 2. The minimum absolute atomic E-state index is 0.164. The number of carbonyl (C=O) groups is 1. The van der Waals surface area contributed by atoms with Crippen LogP contribution in [0.4, 0.5) is 0 Å². The zero-order valence-electron chi connectivity index (χ0n) is 20.4. The van der Waals surface area contributed by atoms with E-state index in [1.807, 2.05) is 12.1 Å². The maximum absolute atomic E-state index is 12.0. The third kappa shape index (κ3) is 4.57. The summed E-state index contributed by atoms with van der Waals surface area (Å²) in [5.74, 6) is 4.81. The molecular weight excluding hydrogens is 424 g/mol. The lowest BCUT2D eigenvalue weighted by molar-refractivity contribution is -0.115. The summed E-state index contributed by atoms with van der Waals surface area (Å²) in [5, 5.41) is 2.15. The predicted octanol–water partition coefficient (Wildman–Crippen LogP) is 4.34. The molecule has 0 unspecified atom stereocenters. The van der Waals surface area contributed by atoms with Gasteiger partial charge in [-0.15, -0.1) is 12.8 Å². The topological polar surface area (TPSA) is 35.5 Å². The van der Waals surface area contributed by atoms with Crippen molar-refractivity contribution in [3.63, 3.8) is 0 Å². The lowest BCUT2D eigenvalue weighted by Gasteiger charge is -2.48. The molecule has 0 spiro atoms. The molecule has 33 heavy (non-hydrogen) atoms. The van der Waals surface area contributed by atoms with E-state index in [0.717, 1.165) is 0 Å². The lowest BCUT2D eigenvalue weighted by atomic mass is 9.79. The number of Topliss-reactive ketones (excluding diaryl/α,β-unsaturated/α-hetero) is 1. The second-order valence-electron chi connectivity index (χ2n) is 10.5. The van der Waals surface area contributed by atoms with Crippen LogP contribution in [-0.4, -0.2) is 32.4 Å². The summed E-state index contributed by atoms with van der Waals surface area (Å²) in [6, 6.07) is 20.9. The smallest absolute Gasteiger partial charge is 0.261 e. The highest BCUT2D eigenvalue weighted by Crippen LogP contribution is 2.48. The van der Waals surface area contributed by atoms with Crippen molar-refractivity contribution in [2.45, 2.75) is 64.2 Å². The van der Waals surface area contributed by atoms with Crippen LogP contribution in [0.2, 0.25) is 5.04 Å². The number of hydrogen-bond donors (Lipinski definition) is 0. The molecule has 0 saturated carbocycles. The van der Waals surface area contributed by atoms with Gasteiger partial charge in [0.05, 0.1) is 12.7 Å². The van der Waals surface area contributed by atoms with Gasteiger partial charge >= 0.3 is 0 Å². The Kier molecular flexibility index (Phi) is 7.06. The highest BCUT2D eigenvalue weighted by atomic mass is 28.4. The van der Waals surface area contributed by atoms with Crippen molar-refractivity contribution in [1.82, 2.24) is 0 Å². The molecule has 0 aliphatic carbocycles. The van der Waals surface area contributed by atoms with Gasteiger partial charge in [-0.3, -0.25) is 4.79 Å². The molecule has 2 aromatic carbocycles. The molecule has 1 aliphatic rings. The molecule has 1 fully saturated rings. The minimum Gasteiger partial charge on any atom is -0.400 e. The highest BCUT2D eigenvalue weighted by Gasteiger charge is 2.60. The second-order valence-corrected chi connectivity index (χ2v) is 14.8. The van der Waals surface area contributed by atoms with E-state index >= 15 is 0 Å². The zero-order valence-corrected chi connectivity index (χ0v) is 21.4. The number of ketones is 1. The van der Waals surface area contributed by atoms with E-state index in [1.54, 1.807) is 0 Å². The summed E-state index contributed by atoms with van der Waals surface area (Å²) in [5.41, 5.74) is -1.37. The van der Waals surface area contributed by atoms with Gasteiger partial charge in [0, 0.05) is 11.8 Å². The minimum atomic E-state index is -2.87. The van der Waals surface area contributed by atoms with Gasteiger partial charge in [-0.2, -0.15) is 0 Å². The molecule has 0 aromatic heterocycles. The fourth-order valence-electron chi connectivity index (χ4n) is 4.98. The molecule has 1 aliphatic heterocycles. The molecule has 0 N–H and O–H groups in total. The number of terminal acetylenes is 2. The van der Waals surface area contributed by atoms with Crippen molar-refractivity contribution < 1.29 is 14.0 Å². The van der Waals surface area contributed by atoms with E-state index in [0.29, 0.717) is 13.0 Å². The van der Waals surface area contributed by atoms with E-state index in [2.05, 4.69) is 95.0 Å². The van der Waals surface area contributed by atoms with Gasteiger partial charge in [0.1, 0.15) is 0 Å². The molecule has 3 rings (SSSR count). The number of rotatable bonds is 7. The molecule has 0 radical (unpaired) electrons. The fourth-order valence-corrected chi connectivity index (χ4v) is 9.86. The second kappa shape index (κ2) is 9.32. The Morgan fingerprint density at radius 1 is 1.06 bits per heavy atom. The molecule has 3 nitrogen and oxygen atoms in total. The maximum atomic E-state index is 12.0. The quantitative estimate of drug-likeness (QED) is 0.352. The molecule has 172 valence electrons. The van der Waals surface area contributed by atoms with Crippen molar-refractivity contribution in [2.24, 2.45) is 5.41 Å². The van der Waals surface area contributed by atoms with Gasteiger partial charge in [0.15, 0.2) is 5.60 Å². The summed E-state index contributed by atoms with van der Waals surface area (Å²) < 4.78 is 13.7. The monoisotopic (exact) mass is 458 g/mol. The Morgan fingerprint density at radius 2 is 1.58 bits per heavy atom. The van der Waals surface area contributed by atoms with Gasteiger partial charge in [-0.25, -0.2) is 0 Å². The highest BCUT2D eigenvalue weighted by molar-refractivity contribution is 6.99. The Hall–Kier alpha value is -2.63. The normalized spacial score (nSPS) is 22.3. The van der Waals surface area contributed by atoms with Crippen LogP contribution in [0.5, 0.6) is 0 Å². The predicted molar refractivity (Wildman–Crippen MR) is 137 cm³/mol. The zero-order chi connectivity index (χ0) is 24.3. The average Bonchev–Trinajstić information content (AvgIpc) is 3.06. The van der Waals surface area contributed by atoms with Crippen LogP contribution < -0.4 is 10.4 Å². The summed E-state index contributed by atoms with van der Waals surface area (Å²) in [6.07, 6.45) is 11.5. The summed E-state index contributed by atoms with van der Waals surface area (Å²) in [4.78, 5) is 12.0. The standard InChI is InChI=1S/C29H34O3Si/c1-8-23(30)20-21-29(9-2)26(28(6,7)22-31-29)32-33(27(3,4)5,24-16-12-10-13-17-24)25-18-14-11-15-19-25/h1-2,10-19,26H,20-22H2,3-7H3/t26-,29+/m1/s1. The van der Waals surface area contributed by atoms with E-state index in [-0.39, 0.29) is 22.7 Å². The molecule has 0 bridgehead atoms. The first-order chi connectivity index (χ1) is 15.5. The fraction of sp³-hybridized carbons (Fsp3) is 0.414. The third-order valence-electron chi connectivity index (χ3n) is 6.68. The van der Waals surface area contributed by atoms with Gasteiger partial charge in [0.2, 0.25) is 5.78 Å². The van der Waals surface area contributed by atoms with Crippen molar-refractivity contribution in [2.75, 3.05) is 6.61 Å². The molecule has 2 aromatic rings. The molecular formula is C29H34O3Si. The van der Waals surface area contributed by atoms with Crippen LogP contribution in [0.15, 0.2) is 60.7 Å². The van der Waals surface area contributed by atoms with Gasteiger partial charge in [-0.1, -0.05) is 101 Å². The third-order valence-corrected chi connectivity index (χ3v) is 11.7. The van der Waals surface area contributed by atoms with Crippen molar-refractivity contribution in [3.05, 3.63) is 60.7 Å². The molecule has 2 atom stereocenters. The number of ether oxygens (including phenoxy) is 1. The summed E-state index contributed by atoms with van der Waals surface area (Å²) >= 11 is 0. The Bertz CT molecular complexity index is 1010. The van der Waals surface area contributed by atoms with E-state index in [1.165, 1.54) is 10.4 Å². The van der Waals surface area contributed by atoms with Crippen LogP contribution in [0.1, 0.15) is 47.5 Å². The average molecular weight is 459 g/mol. The largest absolute Gasteiger partial charge is 0.400 e. The molecule has 1 heterocycles. The molecule has 0 amide bonds. The van der Waals surface area contributed by atoms with Crippen LogP contribution in [-0.2, 0) is 14.0 Å². The lowest BCUT2D eigenvalue weighted by Crippen LogP contribution is -2.70. The van der Waals surface area contributed by atoms with Gasteiger partial charge in [-0.05, 0) is 27.8 Å². The van der Waals surface area contributed by atoms with Crippen LogP contribution in [0.3, 0.4) is 0 Å². The van der Waals surface area contributed by atoms with E-state index < -0.39 is 20.0 Å². The van der Waals surface area contributed by atoms with E-state index in [4.69, 9.17) is 22.0 Å². The summed E-state index contributed by atoms with van der Waals surface area (Å²) in [7, 11) is -2.87. The summed E-state index contributed by atoms with van der Waals surface area (Å²) in [6.45, 7) is 11.4. The Balaban J connectivity index is 2.22. The molecule has 1 saturated heterocycles. The first-order valence-electron chi connectivity index (χ1n) is 11.4. The Labute approximate surface area is 200 Å². The number of carbonyl (C=O) groups excluding carboxylic acids is 1. The number of hydrogen-bond acceptors (Lipinski definition) is 3. The van der Waals surface area contributed by atoms with Crippen molar-refractivity contribution >= 4 is 24.5 Å². The van der Waals surface area contributed by atoms with Gasteiger partial charge < -0.3 is 9.16 Å². The maximum Gasteiger partial charge on any atom is 0.261 e. The SMILES string of the molecule is C#CC(=O)CC[C@]1(C#C)OCC(C)(C)[C@H]1O[Si](c1ccccc1)(c1ccccc1)C(C)(C)C. The molecule has 4 heteroatoms. The van der Waals surface area contributed by atoms with Crippen LogP contribution in [0.25, 0.3) is 0 Å². The Morgan fingerprint density at radius 3 is 2.00 bits per heavy atom. The first kappa shape index (κ1) is 25.0. The first-order valence-corrected chi connectivity index (χ1v) is 13.3. The van der Waals surface area contributed by atoms with Crippen LogP contribution >= 0.6 is 0 Å².